The van der Waals surface area contributed by atoms with Crippen LogP contribution in [0.4, 0.5) is 5.00 Å². The van der Waals surface area contributed by atoms with Gasteiger partial charge in [-0.25, -0.2) is 4.79 Å². The Labute approximate surface area is 183 Å². The maximum atomic E-state index is 12.4. The number of methoxy groups -OCH3 is 1. The van der Waals surface area contributed by atoms with E-state index in [-0.39, 0.29) is 11.8 Å². The first-order valence-corrected chi connectivity index (χ1v) is 10.3. The predicted octanol–water partition coefficient (Wildman–Crippen LogP) is 3.94. The summed E-state index contributed by atoms with van der Waals surface area (Å²) in [5.74, 6) is -0.675. The van der Waals surface area contributed by atoms with E-state index < -0.39 is 24.4 Å². The summed E-state index contributed by atoms with van der Waals surface area (Å²) in [5, 5.41) is 5.92. The number of anilines is 1. The lowest BCUT2D eigenvalue weighted by Gasteiger charge is -2.17. The molecule has 0 fully saturated rings. The van der Waals surface area contributed by atoms with Gasteiger partial charge >= 0.3 is 5.97 Å². The Kier molecular flexibility index (Phi) is 7.09. The third-order valence-corrected chi connectivity index (χ3v) is 5.53. The lowest BCUT2D eigenvalue weighted by molar-refractivity contribution is -0.124. The quantitative estimate of drug-likeness (QED) is 0.512. The Hall–Kier alpha value is -3.59. The van der Waals surface area contributed by atoms with E-state index in [2.05, 4.69) is 10.6 Å². The van der Waals surface area contributed by atoms with Gasteiger partial charge in [-0.2, -0.15) is 0 Å². The number of amides is 2. The number of thiophene rings is 1. The van der Waals surface area contributed by atoms with Gasteiger partial charge in [0.05, 0.1) is 24.4 Å². The molecule has 9 heteroatoms. The number of esters is 1. The number of ether oxygens (including phenoxy) is 2. The highest BCUT2D eigenvalue weighted by atomic mass is 32.1. The smallest absolute Gasteiger partial charge is 0.349 e. The van der Waals surface area contributed by atoms with Crippen molar-refractivity contribution in [2.45, 2.75) is 19.9 Å². The van der Waals surface area contributed by atoms with Crippen LogP contribution in [0.5, 0.6) is 5.75 Å². The number of rotatable bonds is 8. The van der Waals surface area contributed by atoms with Crippen molar-refractivity contribution in [2.24, 2.45) is 0 Å². The number of furan rings is 1. The molecule has 0 radical (unpaired) electrons. The van der Waals surface area contributed by atoms with Crippen LogP contribution in [0, 0.1) is 6.92 Å². The molecule has 162 valence electrons. The monoisotopic (exact) mass is 442 g/mol. The van der Waals surface area contributed by atoms with Gasteiger partial charge in [0.1, 0.15) is 10.6 Å². The summed E-state index contributed by atoms with van der Waals surface area (Å²) in [7, 11) is 1.56. The second-order valence-corrected chi connectivity index (χ2v) is 7.71. The van der Waals surface area contributed by atoms with Gasteiger partial charge < -0.3 is 24.5 Å². The first-order chi connectivity index (χ1) is 14.9. The van der Waals surface area contributed by atoms with Gasteiger partial charge in [0.15, 0.2) is 12.4 Å². The van der Waals surface area contributed by atoms with Crippen molar-refractivity contribution in [3.63, 3.8) is 0 Å². The van der Waals surface area contributed by atoms with E-state index in [0.29, 0.717) is 21.2 Å². The number of benzene rings is 1. The molecule has 2 amide bonds. The van der Waals surface area contributed by atoms with Crippen LogP contribution in [-0.4, -0.2) is 31.5 Å². The standard InChI is InChI=1S/C22H22N2O6S/c1-13-11-19(24-21(26)17-9-6-10-29-17)31-20(13)22(27)30-12-18(25)23-14(2)15-7-4-5-8-16(15)28-3/h4-11,14H,12H2,1-3H3,(H,23,25)(H,24,26). The maximum absolute atomic E-state index is 12.4. The lowest BCUT2D eigenvalue weighted by Crippen LogP contribution is -2.31. The van der Waals surface area contributed by atoms with Crippen LogP contribution >= 0.6 is 11.3 Å². The van der Waals surface area contributed by atoms with Gasteiger partial charge in [-0.05, 0) is 43.7 Å². The molecule has 0 saturated heterocycles. The maximum Gasteiger partial charge on any atom is 0.349 e. The summed E-state index contributed by atoms with van der Waals surface area (Å²) in [5.41, 5.74) is 1.45. The molecule has 0 bridgehead atoms. The molecule has 2 aromatic heterocycles. The minimum absolute atomic E-state index is 0.163. The normalized spacial score (nSPS) is 11.5. The second kappa shape index (κ2) is 9.94. The van der Waals surface area contributed by atoms with E-state index >= 15 is 0 Å². The van der Waals surface area contributed by atoms with E-state index in [1.807, 2.05) is 25.1 Å². The number of carbonyl (C=O) groups excluding carboxylic acids is 3. The molecule has 31 heavy (non-hydrogen) atoms. The van der Waals surface area contributed by atoms with Gasteiger partial charge in [-0.3, -0.25) is 9.59 Å². The summed E-state index contributed by atoms with van der Waals surface area (Å²) in [4.78, 5) is 37.0. The molecule has 3 rings (SSSR count). The van der Waals surface area contributed by atoms with Gasteiger partial charge in [-0.15, -0.1) is 11.3 Å². The average molecular weight is 442 g/mol. The van der Waals surface area contributed by atoms with Crippen LogP contribution in [0.1, 0.15) is 44.3 Å². The van der Waals surface area contributed by atoms with Crippen molar-refractivity contribution in [1.82, 2.24) is 5.32 Å². The molecule has 0 saturated carbocycles. The number of nitrogens with one attached hydrogen (secondary N) is 2. The first-order valence-electron chi connectivity index (χ1n) is 9.43. The Morgan fingerprint density at radius 1 is 1.16 bits per heavy atom. The summed E-state index contributed by atoms with van der Waals surface area (Å²) < 4.78 is 15.5. The largest absolute Gasteiger partial charge is 0.496 e. The third kappa shape index (κ3) is 5.52. The van der Waals surface area contributed by atoms with Crippen molar-refractivity contribution in [2.75, 3.05) is 19.0 Å². The summed E-state index contributed by atoms with van der Waals surface area (Å²) in [6.07, 6.45) is 1.40. The van der Waals surface area contributed by atoms with Crippen molar-refractivity contribution in [3.8, 4) is 5.75 Å². The molecule has 0 aliphatic carbocycles. The molecular weight excluding hydrogens is 420 g/mol. The Morgan fingerprint density at radius 2 is 1.94 bits per heavy atom. The van der Waals surface area contributed by atoms with E-state index in [4.69, 9.17) is 13.9 Å². The number of hydrogen-bond donors (Lipinski definition) is 2. The number of para-hydroxylation sites is 1. The minimum Gasteiger partial charge on any atom is -0.496 e. The Bertz CT molecular complexity index is 1070. The fourth-order valence-electron chi connectivity index (χ4n) is 2.91. The number of aryl methyl sites for hydroxylation is 1. The highest BCUT2D eigenvalue weighted by Crippen LogP contribution is 2.28. The zero-order valence-electron chi connectivity index (χ0n) is 17.3. The summed E-state index contributed by atoms with van der Waals surface area (Å²) in [6.45, 7) is 3.11. The zero-order valence-corrected chi connectivity index (χ0v) is 18.1. The number of hydrogen-bond acceptors (Lipinski definition) is 7. The summed E-state index contributed by atoms with van der Waals surface area (Å²) >= 11 is 1.06. The molecule has 8 nitrogen and oxygen atoms in total. The lowest BCUT2D eigenvalue weighted by atomic mass is 10.1. The topological polar surface area (TPSA) is 107 Å². The van der Waals surface area contributed by atoms with Crippen LogP contribution < -0.4 is 15.4 Å². The Balaban J connectivity index is 1.55. The zero-order chi connectivity index (χ0) is 22.4. The molecule has 1 unspecified atom stereocenters. The van der Waals surface area contributed by atoms with Crippen LogP contribution in [0.15, 0.2) is 53.1 Å². The Morgan fingerprint density at radius 3 is 2.65 bits per heavy atom. The van der Waals surface area contributed by atoms with E-state index in [1.165, 1.54) is 12.3 Å². The first kappa shape index (κ1) is 22.1. The molecule has 0 aliphatic heterocycles. The molecule has 2 heterocycles. The van der Waals surface area contributed by atoms with Crippen molar-refractivity contribution in [1.29, 1.82) is 0 Å². The van der Waals surface area contributed by atoms with Crippen molar-refractivity contribution in [3.05, 3.63) is 70.5 Å². The molecule has 0 spiro atoms. The molecule has 3 aromatic rings. The average Bonchev–Trinajstić information content (AvgIpc) is 3.42. The van der Waals surface area contributed by atoms with Gasteiger partial charge in [-0.1, -0.05) is 18.2 Å². The predicted molar refractivity (Wildman–Crippen MR) is 116 cm³/mol. The second-order valence-electron chi connectivity index (χ2n) is 6.66. The molecule has 2 N–H and O–H groups in total. The molecular formula is C22H22N2O6S. The van der Waals surface area contributed by atoms with E-state index in [1.54, 1.807) is 32.2 Å². The van der Waals surface area contributed by atoms with Crippen LogP contribution in [0.3, 0.4) is 0 Å². The molecule has 0 aliphatic rings. The highest BCUT2D eigenvalue weighted by molar-refractivity contribution is 7.18. The van der Waals surface area contributed by atoms with Crippen molar-refractivity contribution < 1.29 is 28.3 Å². The van der Waals surface area contributed by atoms with E-state index in [9.17, 15) is 14.4 Å². The van der Waals surface area contributed by atoms with Gasteiger partial charge in [0, 0.05) is 5.56 Å². The fourth-order valence-corrected chi connectivity index (χ4v) is 3.87. The molecule has 1 atom stereocenters. The SMILES string of the molecule is COc1ccccc1C(C)NC(=O)COC(=O)c1sc(NC(=O)c2ccco2)cc1C. The summed E-state index contributed by atoms with van der Waals surface area (Å²) in [6, 6.07) is 11.8. The van der Waals surface area contributed by atoms with Crippen molar-refractivity contribution >= 4 is 34.1 Å². The van der Waals surface area contributed by atoms with Crippen LogP contribution in [-0.2, 0) is 9.53 Å². The number of carbonyl (C=O) groups is 3. The molecule has 1 aromatic carbocycles. The van der Waals surface area contributed by atoms with Crippen LogP contribution in [0.25, 0.3) is 0 Å². The van der Waals surface area contributed by atoms with Gasteiger partial charge in [0.25, 0.3) is 11.8 Å². The third-order valence-electron chi connectivity index (χ3n) is 4.40. The van der Waals surface area contributed by atoms with Gasteiger partial charge in [0.2, 0.25) is 0 Å². The fraction of sp³-hybridized carbons (Fsp3) is 0.227. The minimum atomic E-state index is -0.638. The van der Waals surface area contributed by atoms with E-state index in [0.717, 1.165) is 16.9 Å². The van der Waals surface area contributed by atoms with Crippen LogP contribution in [0.2, 0.25) is 0 Å². The highest BCUT2D eigenvalue weighted by Gasteiger charge is 2.20.